The van der Waals surface area contributed by atoms with Crippen LogP contribution in [-0.2, 0) is 32.6 Å². The zero-order chi connectivity index (χ0) is 33.4. The van der Waals surface area contributed by atoms with Gasteiger partial charge < -0.3 is 19.7 Å². The molecule has 4 aromatic rings. The van der Waals surface area contributed by atoms with Gasteiger partial charge in [-0.05, 0) is 55.7 Å². The van der Waals surface area contributed by atoms with E-state index in [4.69, 9.17) is 9.47 Å². The van der Waals surface area contributed by atoms with Gasteiger partial charge in [-0.25, -0.2) is 8.42 Å². The number of hydrogen-bond donors (Lipinski definition) is 1. The van der Waals surface area contributed by atoms with Crippen LogP contribution < -0.4 is 19.1 Å². The first-order chi connectivity index (χ1) is 22.7. The third kappa shape index (κ3) is 8.31. The van der Waals surface area contributed by atoms with Crippen LogP contribution in [0, 0.1) is 6.92 Å². The maximum atomic E-state index is 14.6. The fourth-order valence-electron chi connectivity index (χ4n) is 5.32. The third-order valence-electron chi connectivity index (χ3n) is 8.17. The summed E-state index contributed by atoms with van der Waals surface area (Å²) < 4.78 is 41.0. The average molecular weight is 656 g/mol. The molecule has 0 fully saturated rings. The van der Waals surface area contributed by atoms with E-state index < -0.39 is 28.5 Å². The first kappa shape index (κ1) is 33.5. The second-order valence-corrected chi connectivity index (χ2v) is 13.5. The topological polar surface area (TPSA) is 105 Å². The standard InChI is InChI=1S/C37H41N3O6S/c1-4-28(3)38-37(42)33(23-29-11-7-5-8-12-29)39(25-30-17-15-27(2)16-18-30)36(41)26-40(47(43,44)32-13-9-6-10-14-32)31-19-20-34-35(24-31)46-22-21-45-34/h5-20,24,28,33H,4,21-23,25-26H2,1-3H3,(H,38,42)/t28-,33-/m1/s1. The molecule has 246 valence electrons. The van der Waals surface area contributed by atoms with Gasteiger partial charge in [-0.1, -0.05) is 85.3 Å². The van der Waals surface area contributed by atoms with Crippen LogP contribution in [-0.4, -0.2) is 57.0 Å². The number of anilines is 1. The predicted octanol–water partition coefficient (Wildman–Crippen LogP) is 5.52. The molecule has 10 heteroatoms. The quantitative estimate of drug-likeness (QED) is 0.204. The van der Waals surface area contributed by atoms with Gasteiger partial charge in [-0.3, -0.25) is 13.9 Å². The molecule has 0 aliphatic carbocycles. The number of ether oxygens (including phenoxy) is 2. The normalized spacial score (nSPS) is 13.7. The molecule has 2 amide bonds. The minimum absolute atomic E-state index is 0.0307. The summed E-state index contributed by atoms with van der Waals surface area (Å²) in [6.07, 6.45) is 0.957. The van der Waals surface area contributed by atoms with Crippen molar-refractivity contribution in [1.82, 2.24) is 10.2 Å². The van der Waals surface area contributed by atoms with Gasteiger partial charge in [0, 0.05) is 25.1 Å². The Bertz CT molecular complexity index is 1770. The summed E-state index contributed by atoms with van der Waals surface area (Å²) in [6, 6.07) is 29.0. The van der Waals surface area contributed by atoms with Gasteiger partial charge in [0.25, 0.3) is 10.0 Å². The lowest BCUT2D eigenvalue weighted by Crippen LogP contribution is -2.54. The van der Waals surface area contributed by atoms with Crippen molar-refractivity contribution in [3.63, 3.8) is 0 Å². The van der Waals surface area contributed by atoms with Crippen molar-refractivity contribution < 1.29 is 27.5 Å². The van der Waals surface area contributed by atoms with Gasteiger partial charge in [0.1, 0.15) is 25.8 Å². The van der Waals surface area contributed by atoms with E-state index in [0.717, 1.165) is 21.0 Å². The number of amides is 2. The van der Waals surface area contributed by atoms with E-state index in [1.807, 2.05) is 75.4 Å². The first-order valence-electron chi connectivity index (χ1n) is 15.8. The monoisotopic (exact) mass is 655 g/mol. The molecule has 0 unspecified atom stereocenters. The van der Waals surface area contributed by atoms with Crippen molar-refractivity contribution >= 4 is 27.5 Å². The molecule has 2 atom stereocenters. The van der Waals surface area contributed by atoms with Crippen LogP contribution in [0.15, 0.2) is 108 Å². The lowest BCUT2D eigenvalue weighted by Gasteiger charge is -2.34. The van der Waals surface area contributed by atoms with Gasteiger partial charge in [0.2, 0.25) is 11.8 Å². The van der Waals surface area contributed by atoms with Crippen LogP contribution in [0.5, 0.6) is 11.5 Å². The zero-order valence-electron chi connectivity index (χ0n) is 27.0. The minimum atomic E-state index is -4.23. The Morgan fingerprint density at radius 1 is 0.830 bits per heavy atom. The van der Waals surface area contributed by atoms with Crippen LogP contribution in [0.4, 0.5) is 5.69 Å². The van der Waals surface area contributed by atoms with Gasteiger partial charge >= 0.3 is 0 Å². The summed E-state index contributed by atoms with van der Waals surface area (Å²) in [5.74, 6) is 0.0514. The molecule has 0 aromatic heterocycles. The lowest BCUT2D eigenvalue weighted by atomic mass is 10.0. The molecule has 9 nitrogen and oxygen atoms in total. The van der Waals surface area contributed by atoms with Crippen LogP contribution in [0.25, 0.3) is 0 Å². The number of carbonyl (C=O) groups is 2. The summed E-state index contributed by atoms with van der Waals surface area (Å²) >= 11 is 0. The summed E-state index contributed by atoms with van der Waals surface area (Å²) in [6.45, 7) is 6.12. The van der Waals surface area contributed by atoms with Crippen molar-refractivity contribution in [3.8, 4) is 11.5 Å². The van der Waals surface area contributed by atoms with E-state index in [-0.39, 0.29) is 35.5 Å². The number of carbonyl (C=O) groups excluding carboxylic acids is 2. The average Bonchev–Trinajstić information content (AvgIpc) is 3.09. The zero-order valence-corrected chi connectivity index (χ0v) is 27.8. The Labute approximate surface area is 277 Å². The number of nitrogens with zero attached hydrogens (tertiary/aromatic N) is 2. The fourth-order valence-corrected chi connectivity index (χ4v) is 6.75. The molecule has 1 aliphatic heterocycles. The highest BCUT2D eigenvalue weighted by Gasteiger charge is 2.35. The van der Waals surface area contributed by atoms with E-state index in [0.29, 0.717) is 31.1 Å². The molecule has 5 rings (SSSR count). The number of rotatable bonds is 13. The number of hydrogen-bond acceptors (Lipinski definition) is 6. The van der Waals surface area contributed by atoms with E-state index >= 15 is 0 Å². The van der Waals surface area contributed by atoms with Crippen LogP contribution in [0.2, 0.25) is 0 Å². The molecular weight excluding hydrogens is 614 g/mol. The second kappa shape index (κ2) is 15.2. The molecule has 0 spiro atoms. The van der Waals surface area contributed by atoms with Crippen molar-refractivity contribution in [2.24, 2.45) is 0 Å². The maximum Gasteiger partial charge on any atom is 0.264 e. The second-order valence-electron chi connectivity index (χ2n) is 11.7. The SMILES string of the molecule is CC[C@@H](C)NC(=O)[C@@H](Cc1ccccc1)N(Cc1ccc(C)cc1)C(=O)CN(c1ccc2c(c1)OCCO2)S(=O)(=O)c1ccccc1. The van der Waals surface area contributed by atoms with E-state index in [1.165, 1.54) is 17.0 Å². The Morgan fingerprint density at radius 2 is 1.47 bits per heavy atom. The van der Waals surface area contributed by atoms with E-state index in [1.54, 1.807) is 36.4 Å². The molecule has 0 saturated heterocycles. The maximum absolute atomic E-state index is 14.6. The summed E-state index contributed by atoms with van der Waals surface area (Å²) in [5, 5.41) is 3.06. The molecule has 1 heterocycles. The Hall–Kier alpha value is -4.83. The van der Waals surface area contributed by atoms with Crippen molar-refractivity contribution in [1.29, 1.82) is 0 Å². The summed E-state index contributed by atoms with van der Waals surface area (Å²) in [4.78, 5) is 30.1. The molecule has 1 aliphatic rings. The van der Waals surface area contributed by atoms with Gasteiger partial charge in [0.05, 0.1) is 10.6 Å². The number of benzene rings is 4. The molecule has 4 aromatic carbocycles. The van der Waals surface area contributed by atoms with E-state index in [2.05, 4.69) is 5.32 Å². The van der Waals surface area contributed by atoms with Gasteiger partial charge in [0.15, 0.2) is 11.5 Å². The largest absolute Gasteiger partial charge is 0.486 e. The highest BCUT2D eigenvalue weighted by molar-refractivity contribution is 7.92. The van der Waals surface area contributed by atoms with Crippen molar-refractivity contribution in [3.05, 3.63) is 120 Å². The highest BCUT2D eigenvalue weighted by Crippen LogP contribution is 2.36. The molecule has 0 saturated carbocycles. The highest BCUT2D eigenvalue weighted by atomic mass is 32.2. The van der Waals surface area contributed by atoms with E-state index in [9.17, 15) is 18.0 Å². The lowest BCUT2D eigenvalue weighted by molar-refractivity contribution is -0.140. The van der Waals surface area contributed by atoms with Crippen molar-refractivity contribution in [2.45, 2.75) is 57.1 Å². The van der Waals surface area contributed by atoms with Gasteiger partial charge in [-0.15, -0.1) is 0 Å². The van der Waals surface area contributed by atoms with Crippen molar-refractivity contribution in [2.75, 3.05) is 24.1 Å². The Balaban J connectivity index is 1.58. The molecule has 47 heavy (non-hydrogen) atoms. The van der Waals surface area contributed by atoms with Crippen LogP contribution in [0.1, 0.15) is 37.0 Å². The fraction of sp³-hybridized carbons (Fsp3) is 0.297. The summed E-state index contributed by atoms with van der Waals surface area (Å²) in [5.41, 5.74) is 2.99. The number of aryl methyl sites for hydroxylation is 1. The summed E-state index contributed by atoms with van der Waals surface area (Å²) in [7, 11) is -4.23. The Morgan fingerprint density at radius 3 is 2.13 bits per heavy atom. The number of fused-ring (bicyclic) bond motifs is 1. The Kier molecular flexibility index (Phi) is 10.8. The minimum Gasteiger partial charge on any atom is -0.486 e. The molecule has 1 N–H and O–H groups in total. The molecule has 0 bridgehead atoms. The molecule has 0 radical (unpaired) electrons. The van der Waals surface area contributed by atoms with Crippen LogP contribution in [0.3, 0.4) is 0 Å². The van der Waals surface area contributed by atoms with Crippen LogP contribution >= 0.6 is 0 Å². The number of sulfonamides is 1. The molecular formula is C37H41N3O6S. The number of nitrogens with one attached hydrogen (secondary N) is 1. The smallest absolute Gasteiger partial charge is 0.264 e. The predicted molar refractivity (Wildman–Crippen MR) is 182 cm³/mol. The van der Waals surface area contributed by atoms with Gasteiger partial charge in [-0.2, -0.15) is 0 Å². The first-order valence-corrected chi connectivity index (χ1v) is 17.3. The third-order valence-corrected chi connectivity index (χ3v) is 9.96.